The first-order chi connectivity index (χ1) is 8.50. The van der Waals surface area contributed by atoms with Crippen molar-refractivity contribution in [3.63, 3.8) is 0 Å². The Morgan fingerprint density at radius 2 is 1.47 bits per heavy atom. The van der Waals surface area contributed by atoms with Gasteiger partial charge in [0.05, 0.1) is 16.1 Å². The van der Waals surface area contributed by atoms with E-state index in [9.17, 15) is 36.5 Å². The molecule has 0 radical (unpaired) electrons. The SMILES string of the molecule is NCc1c(C(F)(F)F)ccc(C(F)(F)F)c1[N+](=O)[O-]. The Labute approximate surface area is 102 Å². The second-order valence-corrected chi connectivity index (χ2v) is 3.44. The first-order valence-electron chi connectivity index (χ1n) is 4.65. The van der Waals surface area contributed by atoms with E-state index in [1.165, 1.54) is 0 Å². The molecular weight excluding hydrogens is 282 g/mol. The zero-order valence-corrected chi connectivity index (χ0v) is 8.97. The second kappa shape index (κ2) is 4.68. The summed E-state index contributed by atoms with van der Waals surface area (Å²) in [6, 6.07) is 0.165. The lowest BCUT2D eigenvalue weighted by molar-refractivity contribution is -0.389. The zero-order valence-electron chi connectivity index (χ0n) is 8.97. The van der Waals surface area contributed by atoms with Crippen LogP contribution in [0.1, 0.15) is 16.7 Å². The van der Waals surface area contributed by atoms with Crippen molar-refractivity contribution >= 4 is 5.69 Å². The van der Waals surface area contributed by atoms with Gasteiger partial charge in [0.2, 0.25) is 0 Å². The second-order valence-electron chi connectivity index (χ2n) is 3.44. The highest BCUT2D eigenvalue weighted by molar-refractivity contribution is 5.54. The van der Waals surface area contributed by atoms with Crippen LogP contribution < -0.4 is 5.73 Å². The molecule has 0 aliphatic heterocycles. The zero-order chi connectivity index (χ0) is 15.0. The number of rotatable bonds is 2. The fraction of sp³-hybridized carbons (Fsp3) is 0.333. The smallest absolute Gasteiger partial charge is 0.326 e. The van der Waals surface area contributed by atoms with Gasteiger partial charge in [0.15, 0.2) is 0 Å². The summed E-state index contributed by atoms with van der Waals surface area (Å²) >= 11 is 0. The maximum atomic E-state index is 12.5. The van der Waals surface area contributed by atoms with E-state index >= 15 is 0 Å². The molecule has 0 saturated carbocycles. The van der Waals surface area contributed by atoms with Crippen molar-refractivity contribution in [1.82, 2.24) is 0 Å². The number of nitrogens with zero attached hydrogens (tertiary/aromatic N) is 1. The Morgan fingerprint density at radius 3 is 1.79 bits per heavy atom. The molecule has 1 aromatic rings. The van der Waals surface area contributed by atoms with Crippen LogP contribution in [0.25, 0.3) is 0 Å². The standard InChI is InChI=1S/C9H6F6N2O2/c10-8(11,12)5-1-2-6(9(13,14)15)7(17(18)19)4(5)3-16/h1-2H,3,16H2. The summed E-state index contributed by atoms with van der Waals surface area (Å²) in [6.07, 6.45) is -10.2. The van der Waals surface area contributed by atoms with Crippen LogP contribution in [0.4, 0.5) is 32.0 Å². The molecule has 0 saturated heterocycles. The van der Waals surface area contributed by atoms with Crippen molar-refractivity contribution in [2.24, 2.45) is 5.73 Å². The van der Waals surface area contributed by atoms with Crippen molar-refractivity contribution in [1.29, 1.82) is 0 Å². The number of nitrogens with two attached hydrogens (primary N) is 1. The molecule has 1 rings (SSSR count). The van der Waals surface area contributed by atoms with Crippen LogP contribution in [-0.4, -0.2) is 4.92 Å². The number of hydrogen-bond acceptors (Lipinski definition) is 3. The van der Waals surface area contributed by atoms with Gasteiger partial charge < -0.3 is 5.73 Å². The van der Waals surface area contributed by atoms with Crippen molar-refractivity contribution in [3.05, 3.63) is 38.9 Å². The molecule has 0 spiro atoms. The van der Waals surface area contributed by atoms with Gasteiger partial charge in [0.25, 0.3) is 5.69 Å². The summed E-state index contributed by atoms with van der Waals surface area (Å²) in [6.45, 7) is -1.03. The monoisotopic (exact) mass is 288 g/mol. The number of nitro groups is 1. The minimum absolute atomic E-state index is 0.0279. The van der Waals surface area contributed by atoms with Crippen LogP contribution in [0, 0.1) is 10.1 Å². The quantitative estimate of drug-likeness (QED) is 0.516. The predicted molar refractivity (Wildman–Crippen MR) is 51.0 cm³/mol. The molecule has 10 heteroatoms. The molecule has 0 amide bonds. The summed E-state index contributed by atoms with van der Waals surface area (Å²) in [5.41, 5.74) is -1.23. The average Bonchev–Trinajstić information content (AvgIpc) is 2.24. The van der Waals surface area contributed by atoms with E-state index in [-0.39, 0.29) is 12.1 Å². The molecule has 0 bridgehead atoms. The van der Waals surface area contributed by atoms with Crippen molar-refractivity contribution < 1.29 is 31.3 Å². The molecule has 0 aliphatic rings. The molecular formula is C9H6F6N2O2. The van der Waals surface area contributed by atoms with Gasteiger partial charge in [-0.2, -0.15) is 26.3 Å². The van der Waals surface area contributed by atoms with Crippen LogP contribution in [0.5, 0.6) is 0 Å². The Kier molecular flexibility index (Phi) is 3.75. The molecule has 0 unspecified atom stereocenters. The van der Waals surface area contributed by atoms with Gasteiger partial charge in [-0.15, -0.1) is 0 Å². The van der Waals surface area contributed by atoms with Gasteiger partial charge in [-0.25, -0.2) is 0 Å². The van der Waals surface area contributed by atoms with Crippen LogP contribution in [0.2, 0.25) is 0 Å². The molecule has 4 nitrogen and oxygen atoms in total. The maximum Gasteiger partial charge on any atom is 0.423 e. The minimum atomic E-state index is -5.14. The lowest BCUT2D eigenvalue weighted by Crippen LogP contribution is -2.18. The van der Waals surface area contributed by atoms with E-state index in [0.717, 1.165) is 0 Å². The van der Waals surface area contributed by atoms with E-state index in [4.69, 9.17) is 5.73 Å². The normalized spacial score (nSPS) is 12.6. The fourth-order valence-corrected chi connectivity index (χ4v) is 1.55. The molecule has 0 aromatic heterocycles. The van der Waals surface area contributed by atoms with E-state index in [2.05, 4.69) is 0 Å². The highest BCUT2D eigenvalue weighted by Crippen LogP contribution is 2.42. The molecule has 0 heterocycles. The van der Waals surface area contributed by atoms with E-state index in [1.807, 2.05) is 0 Å². The molecule has 2 N–H and O–H groups in total. The van der Waals surface area contributed by atoms with Gasteiger partial charge in [0, 0.05) is 6.54 Å². The topological polar surface area (TPSA) is 69.2 Å². The Morgan fingerprint density at radius 1 is 1.05 bits per heavy atom. The number of hydrogen-bond donors (Lipinski definition) is 1. The highest BCUT2D eigenvalue weighted by atomic mass is 19.4. The summed E-state index contributed by atoms with van der Waals surface area (Å²) in [5.74, 6) is 0. The van der Waals surface area contributed by atoms with Crippen molar-refractivity contribution in [3.8, 4) is 0 Å². The van der Waals surface area contributed by atoms with Crippen molar-refractivity contribution in [2.75, 3.05) is 0 Å². The van der Waals surface area contributed by atoms with Crippen molar-refractivity contribution in [2.45, 2.75) is 18.9 Å². The maximum absolute atomic E-state index is 12.5. The number of nitro benzene ring substituents is 1. The van der Waals surface area contributed by atoms with Gasteiger partial charge in [-0.3, -0.25) is 10.1 Å². The number of halogens is 6. The number of benzene rings is 1. The van der Waals surface area contributed by atoms with Gasteiger partial charge in [-0.1, -0.05) is 0 Å². The average molecular weight is 288 g/mol. The van der Waals surface area contributed by atoms with E-state index < -0.39 is 46.2 Å². The molecule has 0 aliphatic carbocycles. The summed E-state index contributed by atoms with van der Waals surface area (Å²) in [5, 5.41) is 10.6. The summed E-state index contributed by atoms with van der Waals surface area (Å²) < 4.78 is 75.2. The van der Waals surface area contributed by atoms with Gasteiger partial charge >= 0.3 is 12.4 Å². The molecule has 1 aromatic carbocycles. The van der Waals surface area contributed by atoms with Crippen LogP contribution in [-0.2, 0) is 18.9 Å². The highest BCUT2D eigenvalue weighted by Gasteiger charge is 2.44. The molecule has 19 heavy (non-hydrogen) atoms. The fourth-order valence-electron chi connectivity index (χ4n) is 1.55. The lowest BCUT2D eigenvalue weighted by atomic mass is 10.00. The van der Waals surface area contributed by atoms with Gasteiger partial charge in [0.1, 0.15) is 5.56 Å². The summed E-state index contributed by atoms with van der Waals surface area (Å²) in [7, 11) is 0. The lowest BCUT2D eigenvalue weighted by Gasteiger charge is -2.15. The summed E-state index contributed by atoms with van der Waals surface area (Å²) in [4.78, 5) is 9.10. The Hall–Kier alpha value is -1.84. The van der Waals surface area contributed by atoms with E-state index in [1.54, 1.807) is 0 Å². The number of alkyl halides is 6. The third kappa shape index (κ3) is 2.95. The third-order valence-corrected chi connectivity index (χ3v) is 2.28. The Balaban J connectivity index is 3.72. The first kappa shape index (κ1) is 15.2. The predicted octanol–water partition coefficient (Wildman–Crippen LogP) is 3.09. The third-order valence-electron chi connectivity index (χ3n) is 2.28. The molecule has 106 valence electrons. The molecule has 0 atom stereocenters. The largest absolute Gasteiger partial charge is 0.423 e. The van der Waals surface area contributed by atoms with Gasteiger partial charge in [-0.05, 0) is 12.1 Å². The Bertz CT molecular complexity index is 509. The van der Waals surface area contributed by atoms with Crippen LogP contribution in [0.3, 0.4) is 0 Å². The van der Waals surface area contributed by atoms with E-state index in [0.29, 0.717) is 0 Å². The van der Waals surface area contributed by atoms with Crippen LogP contribution >= 0.6 is 0 Å². The minimum Gasteiger partial charge on any atom is -0.326 e. The first-order valence-corrected chi connectivity index (χ1v) is 4.65. The molecule has 0 fully saturated rings. The van der Waals surface area contributed by atoms with Crippen LogP contribution in [0.15, 0.2) is 12.1 Å².